The number of imidazole rings is 1. The lowest BCUT2D eigenvalue weighted by atomic mass is 10.1. The standard InChI is InChI=1S/C18H27N7O2S/c1-15-21-18(13-22(15)2)28(26,27)25-10-8-24(9-11-25)17-12-16(19-14-20-17)23-6-4-3-5-7-23/h12-14H,3-11H2,1-2H3. The minimum absolute atomic E-state index is 0.121. The smallest absolute Gasteiger partial charge is 0.262 e. The average Bonchev–Trinajstić information content (AvgIpc) is 3.08. The minimum Gasteiger partial charge on any atom is -0.356 e. The van der Waals surface area contributed by atoms with E-state index < -0.39 is 10.0 Å². The monoisotopic (exact) mass is 405 g/mol. The Bertz CT molecular complexity index is 910. The van der Waals surface area contributed by atoms with Crippen molar-refractivity contribution < 1.29 is 8.42 Å². The molecule has 0 unspecified atom stereocenters. The van der Waals surface area contributed by atoms with Crippen LogP contribution >= 0.6 is 0 Å². The highest BCUT2D eigenvalue weighted by molar-refractivity contribution is 7.89. The van der Waals surface area contributed by atoms with Crippen molar-refractivity contribution in [2.24, 2.45) is 7.05 Å². The number of aromatic nitrogens is 4. The predicted molar refractivity (Wildman–Crippen MR) is 107 cm³/mol. The number of sulfonamides is 1. The van der Waals surface area contributed by atoms with Crippen molar-refractivity contribution in [2.75, 3.05) is 49.1 Å². The van der Waals surface area contributed by atoms with Crippen molar-refractivity contribution in [1.29, 1.82) is 0 Å². The minimum atomic E-state index is -3.56. The van der Waals surface area contributed by atoms with E-state index in [2.05, 4.69) is 24.8 Å². The zero-order valence-corrected chi connectivity index (χ0v) is 17.3. The molecule has 9 nitrogen and oxygen atoms in total. The molecule has 0 saturated carbocycles. The van der Waals surface area contributed by atoms with Gasteiger partial charge in [-0.2, -0.15) is 4.31 Å². The molecule has 2 saturated heterocycles. The second kappa shape index (κ2) is 7.67. The van der Waals surface area contributed by atoms with Gasteiger partial charge in [0.15, 0.2) is 5.03 Å². The van der Waals surface area contributed by atoms with Gasteiger partial charge in [-0.15, -0.1) is 0 Å². The lowest BCUT2D eigenvalue weighted by Crippen LogP contribution is -2.49. The summed E-state index contributed by atoms with van der Waals surface area (Å²) < 4.78 is 29.0. The van der Waals surface area contributed by atoms with Gasteiger partial charge in [-0.3, -0.25) is 0 Å². The van der Waals surface area contributed by atoms with E-state index in [0.717, 1.165) is 24.7 Å². The Morgan fingerprint density at radius 3 is 2.07 bits per heavy atom. The van der Waals surface area contributed by atoms with E-state index in [1.807, 2.05) is 6.07 Å². The molecule has 0 amide bonds. The third kappa shape index (κ3) is 3.70. The molecule has 0 bridgehead atoms. The zero-order valence-electron chi connectivity index (χ0n) is 16.5. The van der Waals surface area contributed by atoms with Crippen molar-refractivity contribution in [3.05, 3.63) is 24.4 Å². The van der Waals surface area contributed by atoms with Crippen LogP contribution in [-0.2, 0) is 17.1 Å². The molecule has 0 aromatic carbocycles. The van der Waals surface area contributed by atoms with Gasteiger partial charge in [-0.05, 0) is 26.2 Å². The summed E-state index contributed by atoms with van der Waals surface area (Å²) in [5.41, 5.74) is 0. The number of hydrogen-bond acceptors (Lipinski definition) is 7. The van der Waals surface area contributed by atoms with Gasteiger partial charge in [0, 0.05) is 58.6 Å². The molecule has 2 aliphatic heterocycles. The van der Waals surface area contributed by atoms with Crippen LogP contribution in [0.3, 0.4) is 0 Å². The van der Waals surface area contributed by atoms with Crippen molar-refractivity contribution in [3.63, 3.8) is 0 Å². The highest BCUT2D eigenvalue weighted by Gasteiger charge is 2.31. The molecule has 2 aromatic heterocycles. The maximum absolute atomic E-state index is 12.9. The quantitative estimate of drug-likeness (QED) is 0.750. The molecular formula is C18H27N7O2S. The Morgan fingerprint density at radius 2 is 1.50 bits per heavy atom. The van der Waals surface area contributed by atoms with Gasteiger partial charge in [0.2, 0.25) is 0 Å². The van der Waals surface area contributed by atoms with Crippen molar-refractivity contribution in [2.45, 2.75) is 31.2 Å². The number of piperidine rings is 1. The van der Waals surface area contributed by atoms with Gasteiger partial charge in [-0.1, -0.05) is 0 Å². The summed E-state index contributed by atoms with van der Waals surface area (Å²) in [6, 6.07) is 2.03. The molecule has 4 rings (SSSR count). The van der Waals surface area contributed by atoms with Crippen molar-refractivity contribution in [1.82, 2.24) is 23.8 Å². The molecule has 2 aliphatic rings. The van der Waals surface area contributed by atoms with Gasteiger partial charge < -0.3 is 14.4 Å². The summed E-state index contributed by atoms with van der Waals surface area (Å²) >= 11 is 0. The topological polar surface area (TPSA) is 87.5 Å². The summed E-state index contributed by atoms with van der Waals surface area (Å²) in [6.07, 6.45) is 6.86. The van der Waals surface area contributed by atoms with Crippen LogP contribution in [0, 0.1) is 6.92 Å². The fourth-order valence-corrected chi connectivity index (χ4v) is 5.19. The first-order chi connectivity index (χ1) is 13.4. The highest BCUT2D eigenvalue weighted by Crippen LogP contribution is 2.23. The maximum atomic E-state index is 12.9. The van der Waals surface area contributed by atoms with E-state index in [0.29, 0.717) is 32.0 Å². The van der Waals surface area contributed by atoms with Crippen LogP contribution in [0.1, 0.15) is 25.1 Å². The second-order valence-corrected chi connectivity index (χ2v) is 9.30. The number of hydrogen-bond donors (Lipinski definition) is 0. The highest BCUT2D eigenvalue weighted by atomic mass is 32.2. The molecule has 0 aliphatic carbocycles. The lowest BCUT2D eigenvalue weighted by molar-refractivity contribution is 0.382. The summed E-state index contributed by atoms with van der Waals surface area (Å²) in [5.74, 6) is 2.51. The van der Waals surface area contributed by atoms with Gasteiger partial charge in [0.05, 0.1) is 0 Å². The van der Waals surface area contributed by atoms with E-state index in [1.165, 1.54) is 23.6 Å². The van der Waals surface area contributed by atoms with E-state index in [9.17, 15) is 8.42 Å². The summed E-state index contributed by atoms with van der Waals surface area (Å²) in [4.78, 5) is 17.5. The average molecular weight is 406 g/mol. The molecule has 0 radical (unpaired) electrons. The Labute approximate surface area is 166 Å². The molecule has 10 heteroatoms. The Hall–Kier alpha value is -2.20. The van der Waals surface area contributed by atoms with Gasteiger partial charge in [0.25, 0.3) is 10.0 Å². The molecular weight excluding hydrogens is 378 g/mol. The first kappa shape index (κ1) is 19.1. The maximum Gasteiger partial charge on any atom is 0.262 e. The molecule has 0 N–H and O–H groups in total. The number of nitrogens with zero attached hydrogens (tertiary/aromatic N) is 7. The van der Waals surface area contributed by atoms with E-state index >= 15 is 0 Å². The third-order valence-corrected chi connectivity index (χ3v) is 7.34. The molecule has 0 spiro atoms. The Balaban J connectivity index is 1.44. The second-order valence-electron chi connectivity index (χ2n) is 7.41. The Morgan fingerprint density at radius 1 is 0.893 bits per heavy atom. The lowest BCUT2D eigenvalue weighted by Gasteiger charge is -2.35. The largest absolute Gasteiger partial charge is 0.356 e. The van der Waals surface area contributed by atoms with E-state index in [-0.39, 0.29) is 5.03 Å². The summed E-state index contributed by atoms with van der Waals surface area (Å²) in [5, 5.41) is 0.121. The number of piperazine rings is 1. The SMILES string of the molecule is Cc1nc(S(=O)(=O)N2CCN(c3cc(N4CCCCC4)ncn3)CC2)cn1C. The fourth-order valence-electron chi connectivity index (χ4n) is 3.75. The molecule has 0 atom stereocenters. The van der Waals surface area contributed by atoms with Crippen molar-refractivity contribution >= 4 is 21.7 Å². The van der Waals surface area contributed by atoms with Gasteiger partial charge >= 0.3 is 0 Å². The Kier molecular flexibility index (Phi) is 5.24. The molecule has 2 fully saturated rings. The predicted octanol–water partition coefficient (Wildman–Crippen LogP) is 1.02. The first-order valence-electron chi connectivity index (χ1n) is 9.77. The molecule has 2 aromatic rings. The van der Waals surface area contributed by atoms with Crippen molar-refractivity contribution in [3.8, 4) is 0 Å². The van der Waals surface area contributed by atoms with E-state index in [4.69, 9.17) is 0 Å². The van der Waals surface area contributed by atoms with Crippen LogP contribution in [0.15, 0.2) is 23.6 Å². The van der Waals surface area contributed by atoms with Crippen LogP contribution < -0.4 is 9.80 Å². The first-order valence-corrected chi connectivity index (χ1v) is 11.2. The van der Waals surface area contributed by atoms with Crippen LogP contribution in [0.2, 0.25) is 0 Å². The van der Waals surface area contributed by atoms with Crippen LogP contribution in [0.25, 0.3) is 0 Å². The summed E-state index contributed by atoms with van der Waals surface area (Å²) in [7, 11) is -1.76. The van der Waals surface area contributed by atoms with Crippen LogP contribution in [0.4, 0.5) is 11.6 Å². The number of aryl methyl sites for hydroxylation is 2. The van der Waals surface area contributed by atoms with Gasteiger partial charge in [0.1, 0.15) is 23.8 Å². The fraction of sp³-hybridized carbons (Fsp3) is 0.611. The number of rotatable bonds is 4. The third-order valence-electron chi connectivity index (χ3n) is 5.57. The molecule has 152 valence electrons. The summed E-state index contributed by atoms with van der Waals surface area (Å²) in [6.45, 7) is 5.90. The van der Waals surface area contributed by atoms with Crippen LogP contribution in [0.5, 0.6) is 0 Å². The normalized spacial score (nSPS) is 19.2. The number of anilines is 2. The van der Waals surface area contributed by atoms with Crippen LogP contribution in [-0.4, -0.2) is 71.5 Å². The molecule has 28 heavy (non-hydrogen) atoms. The van der Waals surface area contributed by atoms with Gasteiger partial charge in [-0.25, -0.2) is 23.4 Å². The molecule has 4 heterocycles. The zero-order chi connectivity index (χ0) is 19.7. The van der Waals surface area contributed by atoms with E-state index in [1.54, 1.807) is 31.1 Å².